The van der Waals surface area contributed by atoms with E-state index in [9.17, 15) is 19.2 Å². The second-order valence-corrected chi connectivity index (χ2v) is 10.3. The van der Waals surface area contributed by atoms with E-state index in [-0.39, 0.29) is 29.2 Å². The van der Waals surface area contributed by atoms with Gasteiger partial charge in [0.1, 0.15) is 11.5 Å². The number of tetrazole rings is 1. The Balaban J connectivity index is 1.73. The lowest BCUT2D eigenvalue weighted by Crippen LogP contribution is -2.57. The van der Waals surface area contributed by atoms with Crippen molar-refractivity contribution >= 4 is 47.2 Å². The second kappa shape index (κ2) is 8.99. The van der Waals surface area contributed by atoms with Gasteiger partial charge in [-0.15, -0.1) is 16.9 Å². The molecule has 2 aliphatic heterocycles. The molecule has 168 valence electrons. The molecule has 1 amide bonds. The molecule has 1 aromatic heterocycles. The fourth-order valence-corrected chi connectivity index (χ4v) is 5.38. The molecule has 0 unspecified atom stereocenters. The van der Waals surface area contributed by atoms with Gasteiger partial charge in [-0.1, -0.05) is 11.8 Å². The number of thioether (sulfide) groups is 2. The van der Waals surface area contributed by atoms with Crippen LogP contribution in [0.25, 0.3) is 0 Å². The van der Waals surface area contributed by atoms with Crippen LogP contribution in [0, 0.1) is 11.3 Å². The maximum Gasteiger partial charge on any atom is 0.358 e. The number of aromatic nitrogens is 4. The molecule has 1 fully saturated rings. The largest absolute Gasteiger partial charge is 0.427 e. The zero-order chi connectivity index (χ0) is 22.9. The van der Waals surface area contributed by atoms with E-state index in [0.29, 0.717) is 15.8 Å². The molecular weight excluding hydrogens is 446 g/mol. The Morgan fingerprint density at radius 3 is 2.52 bits per heavy atom. The second-order valence-electron chi connectivity index (χ2n) is 8.11. The van der Waals surface area contributed by atoms with Gasteiger partial charge in [0.2, 0.25) is 17.9 Å². The lowest BCUT2D eigenvalue weighted by molar-refractivity contribution is -0.173. The van der Waals surface area contributed by atoms with E-state index in [4.69, 9.17) is 9.47 Å². The molecular formula is C18H23N5O6S2. The molecule has 0 spiro atoms. The number of aryl methyl sites for hydroxylation is 1. The third-order valence-electron chi connectivity index (χ3n) is 4.53. The van der Waals surface area contributed by atoms with Crippen molar-refractivity contribution in [2.24, 2.45) is 18.4 Å². The summed E-state index contributed by atoms with van der Waals surface area (Å²) in [4.78, 5) is 50.8. The number of carbonyl (C=O) groups is 4. The maximum absolute atomic E-state index is 12.8. The average Bonchev–Trinajstić information content (AvgIpc) is 3.24. The Kier molecular flexibility index (Phi) is 6.74. The molecule has 2 aliphatic rings. The SMILES string of the molecule is CC(=O)C[C@@H]1C(=O)N2C(C(=O)OCOC(=O)C(C)(C)C)=C(CSc3nnnn3C)S[C@H]12. The zero-order valence-electron chi connectivity index (χ0n) is 17.8. The van der Waals surface area contributed by atoms with Crippen molar-refractivity contribution in [1.82, 2.24) is 25.1 Å². The molecule has 3 heterocycles. The van der Waals surface area contributed by atoms with Gasteiger partial charge in [-0.2, -0.15) is 0 Å². The molecule has 0 N–H and O–H groups in total. The standard InChI is InChI=1S/C18H23N5O6S2/c1-9(24)6-10-13(25)23-12(15(26)28-8-29-16(27)18(2,3)4)11(31-14(10)23)7-30-17-19-20-21-22(17)5/h10,14H,6-8H2,1-5H3/t10-,14-/m1/s1. The first kappa shape index (κ1) is 23.3. The van der Waals surface area contributed by atoms with Crippen LogP contribution in [0.1, 0.15) is 34.1 Å². The number of Topliss-reactive ketones (excluding diaryl/α,β-unsaturated/α-hetero) is 1. The van der Waals surface area contributed by atoms with Crippen molar-refractivity contribution in [3.63, 3.8) is 0 Å². The molecule has 0 bridgehead atoms. The molecule has 11 nitrogen and oxygen atoms in total. The van der Waals surface area contributed by atoms with Crippen LogP contribution in [0.15, 0.2) is 15.8 Å². The predicted octanol–water partition coefficient (Wildman–Crippen LogP) is 1.11. The molecule has 0 aliphatic carbocycles. The summed E-state index contributed by atoms with van der Waals surface area (Å²) >= 11 is 2.65. The van der Waals surface area contributed by atoms with Crippen LogP contribution in [0.5, 0.6) is 0 Å². The van der Waals surface area contributed by atoms with E-state index in [1.165, 1.54) is 40.0 Å². The van der Waals surface area contributed by atoms with Crippen molar-refractivity contribution in [2.75, 3.05) is 12.5 Å². The first-order chi connectivity index (χ1) is 14.5. The number of rotatable bonds is 8. The summed E-state index contributed by atoms with van der Waals surface area (Å²) in [5.41, 5.74) is -0.631. The number of hydrogen-bond donors (Lipinski definition) is 0. The van der Waals surface area contributed by atoms with Crippen molar-refractivity contribution in [1.29, 1.82) is 0 Å². The minimum atomic E-state index is -0.766. The number of β-lactam (4-membered cyclic amide) rings is 1. The van der Waals surface area contributed by atoms with Crippen LogP contribution in [-0.2, 0) is 35.7 Å². The minimum Gasteiger partial charge on any atom is -0.427 e. The number of fused-ring (bicyclic) bond motifs is 1. The number of amides is 1. The van der Waals surface area contributed by atoms with Gasteiger partial charge in [0.05, 0.1) is 16.7 Å². The molecule has 0 aromatic carbocycles. The summed E-state index contributed by atoms with van der Waals surface area (Å²) in [5.74, 6) is -1.82. The Bertz CT molecular complexity index is 953. The third kappa shape index (κ3) is 4.92. The minimum absolute atomic E-state index is 0.0928. The third-order valence-corrected chi connectivity index (χ3v) is 7.15. The molecule has 0 radical (unpaired) electrons. The lowest BCUT2D eigenvalue weighted by atomic mass is 9.92. The Hall–Kier alpha value is -2.41. The number of nitrogens with zero attached hydrogens (tertiary/aromatic N) is 5. The molecule has 31 heavy (non-hydrogen) atoms. The van der Waals surface area contributed by atoms with E-state index in [1.807, 2.05) is 0 Å². The predicted molar refractivity (Wildman–Crippen MR) is 110 cm³/mol. The average molecular weight is 470 g/mol. The highest BCUT2D eigenvalue weighted by molar-refractivity contribution is 8.06. The molecule has 1 aromatic rings. The monoisotopic (exact) mass is 469 g/mol. The smallest absolute Gasteiger partial charge is 0.358 e. The molecule has 1 saturated heterocycles. The van der Waals surface area contributed by atoms with Gasteiger partial charge >= 0.3 is 11.9 Å². The molecule has 0 saturated carbocycles. The van der Waals surface area contributed by atoms with Gasteiger partial charge in [-0.25, -0.2) is 9.48 Å². The lowest BCUT2D eigenvalue weighted by Gasteiger charge is -2.42. The van der Waals surface area contributed by atoms with Crippen LogP contribution < -0.4 is 0 Å². The number of carbonyl (C=O) groups excluding carboxylic acids is 4. The number of ether oxygens (including phenoxy) is 2. The van der Waals surface area contributed by atoms with E-state index in [1.54, 1.807) is 27.8 Å². The summed E-state index contributed by atoms with van der Waals surface area (Å²) < 4.78 is 11.6. The fourth-order valence-electron chi connectivity index (χ4n) is 2.94. The maximum atomic E-state index is 12.8. The summed E-state index contributed by atoms with van der Waals surface area (Å²) in [5, 5.41) is 11.4. The van der Waals surface area contributed by atoms with E-state index in [2.05, 4.69) is 15.5 Å². The van der Waals surface area contributed by atoms with Crippen molar-refractivity contribution < 1.29 is 28.7 Å². The summed E-state index contributed by atoms with van der Waals surface area (Å²) in [6, 6.07) is 0. The number of ketones is 1. The fraction of sp³-hybridized carbons (Fsp3) is 0.611. The Morgan fingerprint density at radius 1 is 1.23 bits per heavy atom. The van der Waals surface area contributed by atoms with Gasteiger partial charge in [0.15, 0.2) is 0 Å². The normalized spacial score (nSPS) is 20.4. The van der Waals surface area contributed by atoms with Gasteiger partial charge in [-0.3, -0.25) is 14.5 Å². The van der Waals surface area contributed by atoms with E-state index >= 15 is 0 Å². The van der Waals surface area contributed by atoms with Gasteiger partial charge in [-0.05, 0) is 38.1 Å². The highest BCUT2D eigenvalue weighted by atomic mass is 32.2. The summed E-state index contributed by atoms with van der Waals surface area (Å²) in [6.45, 7) is 5.92. The van der Waals surface area contributed by atoms with Gasteiger partial charge in [0, 0.05) is 24.1 Å². The first-order valence-electron chi connectivity index (χ1n) is 9.42. The number of esters is 2. The van der Waals surface area contributed by atoms with Gasteiger partial charge < -0.3 is 14.3 Å². The zero-order valence-corrected chi connectivity index (χ0v) is 19.4. The summed E-state index contributed by atoms with van der Waals surface area (Å²) in [6.07, 6.45) is 0.117. The van der Waals surface area contributed by atoms with Crippen LogP contribution in [0.3, 0.4) is 0 Å². The quantitative estimate of drug-likeness (QED) is 0.235. The van der Waals surface area contributed by atoms with Crippen LogP contribution in [0.2, 0.25) is 0 Å². The van der Waals surface area contributed by atoms with Crippen LogP contribution in [0.4, 0.5) is 0 Å². The number of hydrogen-bond acceptors (Lipinski definition) is 11. The van der Waals surface area contributed by atoms with E-state index in [0.717, 1.165) is 0 Å². The highest BCUT2D eigenvalue weighted by Gasteiger charge is 2.56. The van der Waals surface area contributed by atoms with Crippen molar-refractivity contribution in [2.45, 2.75) is 44.6 Å². The van der Waals surface area contributed by atoms with E-state index < -0.39 is 30.1 Å². The Labute approximate surface area is 187 Å². The van der Waals surface area contributed by atoms with Crippen molar-refractivity contribution in [3.05, 3.63) is 10.6 Å². The molecule has 3 rings (SSSR count). The molecule has 13 heteroatoms. The highest BCUT2D eigenvalue weighted by Crippen LogP contribution is 2.51. The van der Waals surface area contributed by atoms with Crippen LogP contribution >= 0.6 is 23.5 Å². The summed E-state index contributed by atoms with van der Waals surface area (Å²) in [7, 11) is 1.69. The topological polar surface area (TPSA) is 134 Å². The van der Waals surface area contributed by atoms with Crippen LogP contribution in [-0.4, -0.2) is 66.7 Å². The van der Waals surface area contributed by atoms with Gasteiger partial charge in [0.25, 0.3) is 0 Å². The van der Waals surface area contributed by atoms with Crippen molar-refractivity contribution in [3.8, 4) is 0 Å². The molecule has 2 atom stereocenters. The first-order valence-corrected chi connectivity index (χ1v) is 11.3. The Morgan fingerprint density at radius 2 is 1.94 bits per heavy atom.